The fraction of sp³-hybridized carbons (Fsp3) is 0.143. The smallest absolute Gasteiger partial charge is 0.261 e. The molecule has 0 saturated heterocycles. The standard InChI is InChI=1S/C21H18BrNO2S/c1-13-9-17(22)10-14(2)21(13)23-26(24,25)18-7-8-20-16(12-18)11-15-5-3-4-6-19(15)20/h3-10,12,23H,11H2,1-2H3. The Morgan fingerprint density at radius 3 is 2.27 bits per heavy atom. The highest BCUT2D eigenvalue weighted by atomic mass is 79.9. The maximum absolute atomic E-state index is 12.9. The van der Waals surface area contributed by atoms with Crippen molar-refractivity contribution >= 4 is 31.6 Å². The summed E-state index contributed by atoms with van der Waals surface area (Å²) in [6.07, 6.45) is 0.769. The molecule has 5 heteroatoms. The van der Waals surface area contributed by atoms with Gasteiger partial charge in [-0.1, -0.05) is 46.3 Å². The Kier molecular flexibility index (Phi) is 4.16. The molecule has 0 bridgehead atoms. The largest absolute Gasteiger partial charge is 0.279 e. The third-order valence-electron chi connectivity index (χ3n) is 4.81. The molecule has 0 spiro atoms. The zero-order chi connectivity index (χ0) is 18.5. The number of aryl methyl sites for hydroxylation is 2. The van der Waals surface area contributed by atoms with Gasteiger partial charge in [-0.3, -0.25) is 4.72 Å². The Bertz CT molecular complexity index is 1110. The zero-order valence-electron chi connectivity index (χ0n) is 14.5. The molecular formula is C21H18BrNO2S. The number of anilines is 1. The molecule has 0 unspecified atom stereocenters. The molecule has 0 radical (unpaired) electrons. The Balaban J connectivity index is 1.71. The Labute approximate surface area is 162 Å². The molecule has 3 nitrogen and oxygen atoms in total. The first-order valence-corrected chi connectivity index (χ1v) is 10.6. The van der Waals surface area contributed by atoms with E-state index in [1.54, 1.807) is 12.1 Å². The van der Waals surface area contributed by atoms with Crippen LogP contribution in [-0.4, -0.2) is 8.42 Å². The van der Waals surface area contributed by atoms with E-state index in [1.807, 2.05) is 44.2 Å². The Morgan fingerprint density at radius 2 is 1.54 bits per heavy atom. The number of fused-ring (bicyclic) bond motifs is 3. The summed E-state index contributed by atoms with van der Waals surface area (Å²) in [5.74, 6) is 0. The van der Waals surface area contributed by atoms with Crippen LogP contribution in [0.2, 0.25) is 0 Å². The van der Waals surface area contributed by atoms with Gasteiger partial charge in [0.25, 0.3) is 10.0 Å². The van der Waals surface area contributed by atoms with E-state index >= 15 is 0 Å². The molecule has 0 aliphatic heterocycles. The van der Waals surface area contributed by atoms with Gasteiger partial charge in [0.15, 0.2) is 0 Å². The summed E-state index contributed by atoms with van der Waals surface area (Å²) in [5.41, 5.74) is 7.01. The average Bonchev–Trinajstić information content (AvgIpc) is 2.96. The van der Waals surface area contributed by atoms with Gasteiger partial charge < -0.3 is 0 Å². The van der Waals surface area contributed by atoms with Gasteiger partial charge in [-0.15, -0.1) is 0 Å². The van der Waals surface area contributed by atoms with Gasteiger partial charge in [0.2, 0.25) is 0 Å². The quantitative estimate of drug-likeness (QED) is 0.473. The molecule has 0 aromatic heterocycles. The number of benzene rings is 3. The molecule has 0 amide bonds. The van der Waals surface area contributed by atoms with Crippen molar-refractivity contribution in [3.63, 3.8) is 0 Å². The Hall–Kier alpha value is -2.11. The molecule has 1 aliphatic rings. The van der Waals surface area contributed by atoms with Crippen LogP contribution in [0.15, 0.2) is 64.0 Å². The fourth-order valence-electron chi connectivity index (χ4n) is 3.55. The second-order valence-electron chi connectivity index (χ2n) is 6.67. The van der Waals surface area contributed by atoms with Crippen molar-refractivity contribution in [1.29, 1.82) is 0 Å². The van der Waals surface area contributed by atoms with Crippen LogP contribution in [-0.2, 0) is 16.4 Å². The normalized spacial score (nSPS) is 12.6. The van der Waals surface area contributed by atoms with Crippen molar-refractivity contribution < 1.29 is 8.42 Å². The van der Waals surface area contributed by atoms with Crippen molar-refractivity contribution in [2.75, 3.05) is 4.72 Å². The monoisotopic (exact) mass is 427 g/mol. The van der Waals surface area contributed by atoms with Gasteiger partial charge in [0, 0.05) is 4.47 Å². The second kappa shape index (κ2) is 6.25. The highest BCUT2D eigenvalue weighted by molar-refractivity contribution is 9.10. The molecule has 26 heavy (non-hydrogen) atoms. The maximum Gasteiger partial charge on any atom is 0.261 e. The summed E-state index contributed by atoms with van der Waals surface area (Å²) in [6, 6.07) is 17.4. The molecule has 0 fully saturated rings. The predicted octanol–water partition coefficient (Wildman–Crippen LogP) is 5.44. The summed E-state index contributed by atoms with van der Waals surface area (Å²) >= 11 is 3.44. The van der Waals surface area contributed by atoms with Gasteiger partial charge in [-0.05, 0) is 77.9 Å². The summed E-state index contributed by atoms with van der Waals surface area (Å²) < 4.78 is 29.6. The van der Waals surface area contributed by atoms with Crippen LogP contribution in [0.3, 0.4) is 0 Å². The average molecular weight is 428 g/mol. The van der Waals surface area contributed by atoms with Crippen molar-refractivity contribution in [2.45, 2.75) is 25.2 Å². The lowest BCUT2D eigenvalue weighted by Crippen LogP contribution is -2.15. The van der Waals surface area contributed by atoms with Crippen LogP contribution >= 0.6 is 15.9 Å². The third-order valence-corrected chi connectivity index (χ3v) is 6.61. The number of sulfonamides is 1. The highest BCUT2D eigenvalue weighted by Gasteiger charge is 2.22. The first-order chi connectivity index (χ1) is 12.3. The number of hydrogen-bond donors (Lipinski definition) is 1. The first-order valence-electron chi connectivity index (χ1n) is 8.36. The number of rotatable bonds is 3. The van der Waals surface area contributed by atoms with E-state index in [0.29, 0.717) is 10.6 Å². The lowest BCUT2D eigenvalue weighted by atomic mass is 10.1. The molecule has 1 N–H and O–H groups in total. The van der Waals surface area contributed by atoms with Crippen molar-refractivity contribution in [3.8, 4) is 11.1 Å². The summed E-state index contributed by atoms with van der Waals surface area (Å²) in [4.78, 5) is 0.297. The lowest BCUT2D eigenvalue weighted by molar-refractivity contribution is 0.601. The number of hydrogen-bond acceptors (Lipinski definition) is 2. The van der Waals surface area contributed by atoms with E-state index < -0.39 is 10.0 Å². The third kappa shape index (κ3) is 2.95. The van der Waals surface area contributed by atoms with Crippen LogP contribution in [0.5, 0.6) is 0 Å². The summed E-state index contributed by atoms with van der Waals surface area (Å²) in [6.45, 7) is 3.80. The molecule has 132 valence electrons. The van der Waals surface area contributed by atoms with Gasteiger partial charge >= 0.3 is 0 Å². The lowest BCUT2D eigenvalue weighted by Gasteiger charge is -2.14. The summed E-state index contributed by atoms with van der Waals surface area (Å²) in [5, 5.41) is 0. The van der Waals surface area contributed by atoms with E-state index in [4.69, 9.17) is 0 Å². The SMILES string of the molecule is Cc1cc(Br)cc(C)c1NS(=O)(=O)c1ccc2c(c1)Cc1ccccc1-2. The van der Waals surface area contributed by atoms with Crippen molar-refractivity contribution in [3.05, 3.63) is 81.3 Å². The zero-order valence-corrected chi connectivity index (χ0v) is 16.9. The minimum Gasteiger partial charge on any atom is -0.279 e. The van der Waals surface area contributed by atoms with E-state index in [9.17, 15) is 8.42 Å². The molecular weight excluding hydrogens is 410 g/mol. The van der Waals surface area contributed by atoms with Gasteiger partial charge in [-0.2, -0.15) is 0 Å². The number of halogens is 1. The van der Waals surface area contributed by atoms with Crippen LogP contribution in [0.4, 0.5) is 5.69 Å². The molecule has 1 aliphatic carbocycles. The van der Waals surface area contributed by atoms with Crippen molar-refractivity contribution in [1.82, 2.24) is 0 Å². The van der Waals surface area contributed by atoms with E-state index in [-0.39, 0.29) is 0 Å². The molecule has 0 saturated carbocycles. The molecule has 4 rings (SSSR count). The second-order valence-corrected chi connectivity index (χ2v) is 9.27. The van der Waals surface area contributed by atoms with E-state index in [2.05, 4.69) is 32.8 Å². The molecule has 3 aromatic rings. The van der Waals surface area contributed by atoms with Crippen LogP contribution in [0.25, 0.3) is 11.1 Å². The van der Waals surface area contributed by atoms with Gasteiger partial charge in [0.05, 0.1) is 10.6 Å². The van der Waals surface area contributed by atoms with Crippen LogP contribution < -0.4 is 4.72 Å². The first kappa shape index (κ1) is 17.3. The predicted molar refractivity (Wildman–Crippen MR) is 109 cm³/mol. The molecule has 0 heterocycles. The van der Waals surface area contributed by atoms with Crippen LogP contribution in [0, 0.1) is 13.8 Å². The Morgan fingerprint density at radius 1 is 0.885 bits per heavy atom. The number of nitrogens with one attached hydrogen (secondary N) is 1. The maximum atomic E-state index is 12.9. The van der Waals surface area contributed by atoms with Crippen molar-refractivity contribution in [2.24, 2.45) is 0 Å². The molecule has 0 atom stereocenters. The van der Waals surface area contributed by atoms with E-state index in [0.717, 1.165) is 33.1 Å². The van der Waals surface area contributed by atoms with Gasteiger partial charge in [-0.25, -0.2) is 8.42 Å². The van der Waals surface area contributed by atoms with E-state index in [1.165, 1.54) is 11.1 Å². The van der Waals surface area contributed by atoms with Gasteiger partial charge in [0.1, 0.15) is 0 Å². The summed E-state index contributed by atoms with van der Waals surface area (Å²) in [7, 11) is -3.65. The molecule has 3 aromatic carbocycles. The van der Waals surface area contributed by atoms with Crippen LogP contribution in [0.1, 0.15) is 22.3 Å². The fourth-order valence-corrected chi connectivity index (χ4v) is 5.49. The topological polar surface area (TPSA) is 46.2 Å². The minimum absolute atomic E-state index is 0.297. The highest BCUT2D eigenvalue weighted by Crippen LogP contribution is 2.37. The minimum atomic E-state index is -3.65.